The Balaban J connectivity index is 2.39. The van der Waals surface area contributed by atoms with Crippen molar-refractivity contribution in [2.75, 3.05) is 11.9 Å². The highest BCUT2D eigenvalue weighted by atomic mass is 16.5. The van der Waals surface area contributed by atoms with Gasteiger partial charge in [0.1, 0.15) is 17.5 Å². The standard InChI is InChI=1S/C10H15N5O/c1-3-7(4-11)14-9-8-6(2)15-16-10(8)13-5-12-9/h5,7H,3-4,11H2,1-2H3,(H,12,13,14). The Morgan fingerprint density at radius 1 is 1.50 bits per heavy atom. The lowest BCUT2D eigenvalue weighted by Crippen LogP contribution is -2.28. The molecule has 0 aliphatic carbocycles. The van der Waals surface area contributed by atoms with Crippen LogP contribution in [0.1, 0.15) is 19.0 Å². The van der Waals surface area contributed by atoms with Gasteiger partial charge in [0.25, 0.3) is 5.71 Å². The van der Waals surface area contributed by atoms with Crippen molar-refractivity contribution in [3.8, 4) is 0 Å². The van der Waals surface area contributed by atoms with E-state index in [0.29, 0.717) is 12.3 Å². The van der Waals surface area contributed by atoms with Gasteiger partial charge in [-0.2, -0.15) is 4.98 Å². The monoisotopic (exact) mass is 221 g/mol. The Kier molecular flexibility index (Phi) is 3.00. The van der Waals surface area contributed by atoms with E-state index in [1.807, 2.05) is 6.92 Å². The minimum absolute atomic E-state index is 0.201. The molecule has 0 saturated heterocycles. The second-order valence-electron chi connectivity index (χ2n) is 3.66. The maximum absolute atomic E-state index is 5.64. The molecule has 0 spiro atoms. The minimum atomic E-state index is 0.201. The number of nitrogens with zero attached hydrogens (tertiary/aromatic N) is 3. The summed E-state index contributed by atoms with van der Waals surface area (Å²) in [6.45, 7) is 4.50. The van der Waals surface area contributed by atoms with Crippen LogP contribution in [0.2, 0.25) is 0 Å². The number of aromatic nitrogens is 3. The number of nitrogens with two attached hydrogens (primary N) is 1. The maximum Gasteiger partial charge on any atom is 0.263 e. The zero-order valence-corrected chi connectivity index (χ0v) is 9.40. The average molecular weight is 221 g/mol. The van der Waals surface area contributed by atoms with Gasteiger partial charge in [0.2, 0.25) is 0 Å². The van der Waals surface area contributed by atoms with Gasteiger partial charge in [0, 0.05) is 12.6 Å². The third kappa shape index (κ3) is 1.83. The smallest absolute Gasteiger partial charge is 0.263 e. The summed E-state index contributed by atoms with van der Waals surface area (Å²) in [5, 5.41) is 7.97. The molecule has 2 aromatic rings. The minimum Gasteiger partial charge on any atom is -0.365 e. The van der Waals surface area contributed by atoms with Gasteiger partial charge < -0.3 is 15.6 Å². The molecule has 0 aromatic carbocycles. The second kappa shape index (κ2) is 4.44. The molecule has 2 heterocycles. The number of hydrogen-bond donors (Lipinski definition) is 2. The van der Waals surface area contributed by atoms with Crippen LogP contribution in [0.15, 0.2) is 10.9 Å². The molecule has 1 unspecified atom stereocenters. The Morgan fingerprint density at radius 3 is 3.00 bits per heavy atom. The van der Waals surface area contributed by atoms with Gasteiger partial charge in [-0.15, -0.1) is 0 Å². The van der Waals surface area contributed by atoms with E-state index in [9.17, 15) is 0 Å². The Morgan fingerprint density at radius 2 is 2.31 bits per heavy atom. The number of hydrogen-bond acceptors (Lipinski definition) is 6. The van der Waals surface area contributed by atoms with Crippen molar-refractivity contribution >= 4 is 16.9 Å². The summed E-state index contributed by atoms with van der Waals surface area (Å²) in [4.78, 5) is 8.21. The molecular formula is C10H15N5O. The SMILES string of the molecule is CCC(CN)Nc1ncnc2onc(C)c12. The first-order valence-electron chi connectivity index (χ1n) is 5.29. The highest BCUT2D eigenvalue weighted by molar-refractivity contribution is 5.87. The molecule has 0 radical (unpaired) electrons. The van der Waals surface area contributed by atoms with E-state index in [4.69, 9.17) is 10.3 Å². The second-order valence-corrected chi connectivity index (χ2v) is 3.66. The number of fused-ring (bicyclic) bond motifs is 1. The molecule has 0 fully saturated rings. The van der Waals surface area contributed by atoms with Crippen LogP contribution in [-0.4, -0.2) is 27.7 Å². The largest absolute Gasteiger partial charge is 0.365 e. The lowest BCUT2D eigenvalue weighted by molar-refractivity contribution is 0.442. The van der Waals surface area contributed by atoms with Crippen LogP contribution in [0, 0.1) is 6.92 Å². The molecule has 16 heavy (non-hydrogen) atoms. The van der Waals surface area contributed by atoms with Crippen molar-refractivity contribution in [1.29, 1.82) is 0 Å². The lowest BCUT2D eigenvalue weighted by atomic mass is 10.2. The van der Waals surface area contributed by atoms with Gasteiger partial charge in [0.05, 0.1) is 5.69 Å². The Hall–Kier alpha value is -1.69. The number of rotatable bonds is 4. The van der Waals surface area contributed by atoms with Crippen molar-refractivity contribution in [3.63, 3.8) is 0 Å². The maximum atomic E-state index is 5.64. The average Bonchev–Trinajstić information content (AvgIpc) is 2.69. The summed E-state index contributed by atoms with van der Waals surface area (Å²) >= 11 is 0. The van der Waals surface area contributed by atoms with Gasteiger partial charge in [-0.1, -0.05) is 12.1 Å². The summed E-state index contributed by atoms with van der Waals surface area (Å²) in [5.74, 6) is 0.737. The van der Waals surface area contributed by atoms with Crippen LogP contribution in [0.4, 0.5) is 5.82 Å². The van der Waals surface area contributed by atoms with E-state index in [1.165, 1.54) is 6.33 Å². The van der Waals surface area contributed by atoms with E-state index in [0.717, 1.165) is 23.3 Å². The zero-order valence-electron chi connectivity index (χ0n) is 9.40. The quantitative estimate of drug-likeness (QED) is 0.802. The molecule has 3 N–H and O–H groups in total. The fourth-order valence-electron chi connectivity index (χ4n) is 1.55. The number of aryl methyl sites for hydroxylation is 1. The zero-order chi connectivity index (χ0) is 11.5. The first-order chi connectivity index (χ1) is 7.76. The molecule has 2 aromatic heterocycles. The summed E-state index contributed by atoms with van der Waals surface area (Å²) in [6.07, 6.45) is 2.39. The highest BCUT2D eigenvalue weighted by Gasteiger charge is 2.13. The van der Waals surface area contributed by atoms with Gasteiger partial charge in [-0.25, -0.2) is 4.98 Å². The van der Waals surface area contributed by atoms with Crippen LogP contribution in [0.5, 0.6) is 0 Å². The van der Waals surface area contributed by atoms with E-state index in [1.54, 1.807) is 0 Å². The summed E-state index contributed by atoms with van der Waals surface area (Å²) < 4.78 is 5.07. The number of anilines is 1. The van der Waals surface area contributed by atoms with Crippen molar-refractivity contribution in [1.82, 2.24) is 15.1 Å². The van der Waals surface area contributed by atoms with E-state index in [2.05, 4.69) is 27.4 Å². The van der Waals surface area contributed by atoms with E-state index >= 15 is 0 Å². The predicted molar refractivity (Wildman–Crippen MR) is 61.1 cm³/mol. The lowest BCUT2D eigenvalue weighted by Gasteiger charge is -2.15. The van der Waals surface area contributed by atoms with E-state index in [-0.39, 0.29) is 6.04 Å². The molecule has 1 atom stereocenters. The number of nitrogens with one attached hydrogen (secondary N) is 1. The first kappa shape index (κ1) is 10.8. The van der Waals surface area contributed by atoms with Gasteiger partial charge >= 0.3 is 0 Å². The third-order valence-electron chi connectivity index (χ3n) is 2.56. The summed E-state index contributed by atoms with van der Waals surface area (Å²) in [7, 11) is 0. The molecular weight excluding hydrogens is 206 g/mol. The molecule has 2 rings (SSSR count). The van der Waals surface area contributed by atoms with Crippen LogP contribution in [0.25, 0.3) is 11.1 Å². The van der Waals surface area contributed by atoms with E-state index < -0.39 is 0 Å². The van der Waals surface area contributed by atoms with Crippen LogP contribution in [0.3, 0.4) is 0 Å². The topological polar surface area (TPSA) is 89.9 Å². The van der Waals surface area contributed by atoms with Gasteiger partial charge in [-0.3, -0.25) is 0 Å². The highest BCUT2D eigenvalue weighted by Crippen LogP contribution is 2.22. The van der Waals surface area contributed by atoms with Crippen LogP contribution in [-0.2, 0) is 0 Å². The summed E-state index contributed by atoms with van der Waals surface area (Å²) in [6, 6.07) is 0.201. The predicted octanol–water partition coefficient (Wildman–Crippen LogP) is 1.08. The van der Waals surface area contributed by atoms with Gasteiger partial charge in [-0.05, 0) is 13.3 Å². The van der Waals surface area contributed by atoms with Crippen molar-refractivity contribution in [2.24, 2.45) is 5.73 Å². The Labute approximate surface area is 93.2 Å². The third-order valence-corrected chi connectivity index (χ3v) is 2.56. The van der Waals surface area contributed by atoms with Crippen LogP contribution < -0.4 is 11.1 Å². The molecule has 86 valence electrons. The molecule has 0 saturated carbocycles. The fourth-order valence-corrected chi connectivity index (χ4v) is 1.55. The first-order valence-corrected chi connectivity index (χ1v) is 5.29. The van der Waals surface area contributed by atoms with Gasteiger partial charge in [0.15, 0.2) is 0 Å². The molecule has 0 aliphatic rings. The molecule has 0 aliphatic heterocycles. The molecule has 6 nitrogen and oxygen atoms in total. The van der Waals surface area contributed by atoms with Crippen molar-refractivity contribution in [2.45, 2.75) is 26.3 Å². The van der Waals surface area contributed by atoms with Crippen molar-refractivity contribution in [3.05, 3.63) is 12.0 Å². The molecule has 6 heteroatoms. The fraction of sp³-hybridized carbons (Fsp3) is 0.500. The Bertz CT molecular complexity index is 477. The van der Waals surface area contributed by atoms with Crippen molar-refractivity contribution < 1.29 is 4.52 Å². The normalized spacial score (nSPS) is 12.9. The molecule has 0 amide bonds. The molecule has 0 bridgehead atoms. The van der Waals surface area contributed by atoms with Crippen LogP contribution >= 0.6 is 0 Å². The summed E-state index contributed by atoms with van der Waals surface area (Å²) in [5.41, 5.74) is 6.93.